The van der Waals surface area contributed by atoms with Gasteiger partial charge in [0, 0.05) is 12.2 Å². The molecule has 1 heterocycles. The van der Waals surface area contributed by atoms with Crippen LogP contribution in [0, 0.1) is 0 Å². The Kier molecular flexibility index (Phi) is 4.11. The molecule has 1 aromatic carbocycles. The number of allylic oxidation sites excluding steroid dienone is 3. The fraction of sp³-hybridized carbons (Fsp3) is 0.412. The van der Waals surface area contributed by atoms with Crippen molar-refractivity contribution in [1.82, 2.24) is 10.6 Å². The van der Waals surface area contributed by atoms with Gasteiger partial charge in [-0.05, 0) is 29.5 Å². The summed E-state index contributed by atoms with van der Waals surface area (Å²) < 4.78 is 0. The van der Waals surface area contributed by atoms with E-state index in [2.05, 4.69) is 67.8 Å². The maximum Gasteiger partial charge on any atom is 0.103 e. The Morgan fingerprint density at radius 1 is 1.16 bits per heavy atom. The van der Waals surface area contributed by atoms with Crippen molar-refractivity contribution in [3.63, 3.8) is 0 Å². The van der Waals surface area contributed by atoms with Crippen molar-refractivity contribution in [2.75, 3.05) is 6.54 Å². The number of nitrogens with one attached hydrogen (secondary N) is 2. The van der Waals surface area contributed by atoms with Crippen LogP contribution in [0.1, 0.15) is 45.0 Å². The van der Waals surface area contributed by atoms with E-state index in [-0.39, 0.29) is 11.6 Å². The predicted octanol–water partition coefficient (Wildman–Crippen LogP) is 3.64. The van der Waals surface area contributed by atoms with Gasteiger partial charge in [0.05, 0.1) is 0 Å². The molecule has 102 valence electrons. The van der Waals surface area contributed by atoms with Crippen LogP contribution in [0.25, 0.3) is 0 Å². The number of benzene rings is 1. The Morgan fingerprint density at radius 2 is 1.84 bits per heavy atom. The van der Waals surface area contributed by atoms with E-state index >= 15 is 0 Å². The highest BCUT2D eigenvalue weighted by Gasteiger charge is 2.19. The van der Waals surface area contributed by atoms with Gasteiger partial charge in [-0.25, -0.2) is 0 Å². The molecule has 1 aliphatic rings. The summed E-state index contributed by atoms with van der Waals surface area (Å²) in [6.07, 6.45) is 6.46. The molecule has 1 saturated heterocycles. The maximum absolute atomic E-state index is 3.50. The van der Waals surface area contributed by atoms with Gasteiger partial charge in [0.1, 0.15) is 6.17 Å². The van der Waals surface area contributed by atoms with Crippen LogP contribution in [0.2, 0.25) is 0 Å². The average molecular weight is 256 g/mol. The van der Waals surface area contributed by atoms with Gasteiger partial charge in [0.15, 0.2) is 0 Å². The van der Waals surface area contributed by atoms with Crippen molar-refractivity contribution in [1.29, 1.82) is 0 Å². The Balaban J connectivity index is 2.08. The lowest BCUT2D eigenvalue weighted by Gasteiger charge is -2.20. The van der Waals surface area contributed by atoms with Crippen molar-refractivity contribution in [3.05, 3.63) is 59.3 Å². The number of hydrogen-bond donors (Lipinski definition) is 2. The number of hydrogen-bond acceptors (Lipinski definition) is 2. The molecule has 0 bridgehead atoms. The third-order valence-electron chi connectivity index (χ3n) is 3.43. The summed E-state index contributed by atoms with van der Waals surface area (Å²) in [5.41, 5.74) is 4.12. The minimum atomic E-state index is 0.214. The van der Waals surface area contributed by atoms with E-state index in [1.54, 1.807) is 0 Å². The van der Waals surface area contributed by atoms with E-state index in [1.165, 1.54) is 16.8 Å². The summed E-state index contributed by atoms with van der Waals surface area (Å²) in [5.74, 6) is 0. The van der Waals surface area contributed by atoms with Gasteiger partial charge in [-0.3, -0.25) is 5.32 Å². The first kappa shape index (κ1) is 13.9. The van der Waals surface area contributed by atoms with Crippen LogP contribution in [-0.4, -0.2) is 6.54 Å². The summed E-state index contributed by atoms with van der Waals surface area (Å²) in [4.78, 5) is 0. The van der Waals surface area contributed by atoms with Gasteiger partial charge in [0.25, 0.3) is 0 Å². The Morgan fingerprint density at radius 3 is 2.42 bits per heavy atom. The Hall–Kier alpha value is -1.54. The zero-order valence-electron chi connectivity index (χ0n) is 12.3. The van der Waals surface area contributed by atoms with E-state index in [0.717, 1.165) is 6.54 Å². The second-order valence-corrected chi connectivity index (χ2v) is 6.05. The van der Waals surface area contributed by atoms with E-state index in [1.807, 2.05) is 13.0 Å². The van der Waals surface area contributed by atoms with Crippen LogP contribution in [0.15, 0.2) is 48.2 Å². The van der Waals surface area contributed by atoms with Crippen molar-refractivity contribution >= 4 is 0 Å². The van der Waals surface area contributed by atoms with Crippen molar-refractivity contribution in [2.24, 2.45) is 0 Å². The van der Waals surface area contributed by atoms with Crippen LogP contribution < -0.4 is 10.6 Å². The summed E-state index contributed by atoms with van der Waals surface area (Å²) in [6, 6.07) is 8.88. The van der Waals surface area contributed by atoms with Crippen LogP contribution >= 0.6 is 0 Å². The van der Waals surface area contributed by atoms with Gasteiger partial charge in [-0.2, -0.15) is 0 Å². The third-order valence-corrected chi connectivity index (χ3v) is 3.43. The highest BCUT2D eigenvalue weighted by molar-refractivity contribution is 5.31. The number of rotatable bonds is 2. The molecule has 0 spiro atoms. The van der Waals surface area contributed by atoms with Crippen molar-refractivity contribution < 1.29 is 0 Å². The highest BCUT2D eigenvalue weighted by atomic mass is 15.2. The molecule has 0 saturated carbocycles. The van der Waals surface area contributed by atoms with Crippen LogP contribution in [0.5, 0.6) is 0 Å². The maximum atomic E-state index is 3.50. The zero-order chi connectivity index (χ0) is 13.9. The molecule has 2 N–H and O–H groups in total. The van der Waals surface area contributed by atoms with Gasteiger partial charge < -0.3 is 5.32 Å². The Bertz CT molecular complexity index is 475. The van der Waals surface area contributed by atoms with Crippen LogP contribution in [-0.2, 0) is 5.41 Å². The van der Waals surface area contributed by atoms with E-state index in [9.17, 15) is 0 Å². The smallest absolute Gasteiger partial charge is 0.103 e. The molecule has 19 heavy (non-hydrogen) atoms. The molecule has 2 heteroatoms. The fourth-order valence-corrected chi connectivity index (χ4v) is 2.20. The molecule has 2 nitrogen and oxygen atoms in total. The lowest BCUT2D eigenvalue weighted by Crippen LogP contribution is -2.21. The molecule has 0 amide bonds. The van der Waals surface area contributed by atoms with Gasteiger partial charge >= 0.3 is 0 Å². The van der Waals surface area contributed by atoms with Crippen LogP contribution in [0.4, 0.5) is 0 Å². The fourth-order valence-electron chi connectivity index (χ4n) is 2.20. The lowest BCUT2D eigenvalue weighted by molar-refractivity contribution is 0.581. The first-order valence-corrected chi connectivity index (χ1v) is 6.93. The molecule has 1 aromatic rings. The molecule has 1 unspecified atom stereocenters. The first-order chi connectivity index (χ1) is 9.00. The van der Waals surface area contributed by atoms with Crippen molar-refractivity contribution in [2.45, 2.75) is 39.3 Å². The largest absolute Gasteiger partial charge is 0.368 e. The molecule has 2 rings (SSSR count). The molecule has 0 aliphatic carbocycles. The molecular weight excluding hydrogens is 232 g/mol. The van der Waals surface area contributed by atoms with Gasteiger partial charge in [0.2, 0.25) is 0 Å². The minimum absolute atomic E-state index is 0.214. The van der Waals surface area contributed by atoms with E-state index < -0.39 is 0 Å². The summed E-state index contributed by atoms with van der Waals surface area (Å²) >= 11 is 0. The third kappa shape index (κ3) is 3.48. The molecular formula is C17H24N2. The topological polar surface area (TPSA) is 24.1 Å². The van der Waals surface area contributed by atoms with E-state index in [0.29, 0.717) is 0 Å². The SMILES string of the molecule is C/C=C\C=C1/CNC(c2ccc(C(C)(C)C)cc2)N1. The van der Waals surface area contributed by atoms with Crippen LogP contribution in [0.3, 0.4) is 0 Å². The Labute approximate surface area is 116 Å². The molecule has 0 aromatic heterocycles. The standard InChI is InChI=1S/C17H24N2/c1-5-6-7-15-12-18-16(19-15)13-8-10-14(11-9-13)17(2,3)4/h5-11,16,18-19H,12H2,1-4H3/b6-5-,15-7+. The molecule has 1 atom stereocenters. The second kappa shape index (κ2) is 5.62. The second-order valence-electron chi connectivity index (χ2n) is 6.05. The first-order valence-electron chi connectivity index (χ1n) is 6.93. The molecule has 1 aliphatic heterocycles. The predicted molar refractivity (Wildman–Crippen MR) is 81.9 cm³/mol. The minimum Gasteiger partial charge on any atom is -0.368 e. The zero-order valence-corrected chi connectivity index (χ0v) is 12.3. The summed E-state index contributed by atoms with van der Waals surface area (Å²) in [6.45, 7) is 9.65. The quantitative estimate of drug-likeness (QED) is 0.844. The normalized spacial score (nSPS) is 22.1. The van der Waals surface area contributed by atoms with Gasteiger partial charge in [-0.1, -0.05) is 57.2 Å². The average Bonchev–Trinajstić information content (AvgIpc) is 2.84. The van der Waals surface area contributed by atoms with Crippen molar-refractivity contribution in [3.8, 4) is 0 Å². The summed E-state index contributed by atoms with van der Waals surface area (Å²) in [7, 11) is 0. The molecule has 0 radical (unpaired) electrons. The van der Waals surface area contributed by atoms with Gasteiger partial charge in [-0.15, -0.1) is 0 Å². The molecule has 1 fully saturated rings. The lowest BCUT2D eigenvalue weighted by atomic mass is 9.86. The highest BCUT2D eigenvalue weighted by Crippen LogP contribution is 2.24. The monoisotopic (exact) mass is 256 g/mol. The summed E-state index contributed by atoms with van der Waals surface area (Å²) in [5, 5.41) is 6.98. The van der Waals surface area contributed by atoms with E-state index in [4.69, 9.17) is 0 Å².